The number of hydrogen-bond donors (Lipinski definition) is 0. The second-order valence-corrected chi connectivity index (χ2v) is 9.88. The van der Waals surface area contributed by atoms with Crippen LogP contribution in [0.3, 0.4) is 0 Å². The van der Waals surface area contributed by atoms with Crippen LogP contribution in [0, 0.1) is 17.3 Å². The highest BCUT2D eigenvalue weighted by molar-refractivity contribution is 5.93. The molecule has 4 unspecified atom stereocenters. The lowest BCUT2D eigenvalue weighted by Crippen LogP contribution is -2.36. The first-order valence-electron chi connectivity index (χ1n) is 11.3. The van der Waals surface area contributed by atoms with E-state index in [1.165, 1.54) is 16.7 Å². The Kier molecular flexibility index (Phi) is 4.73. The molecular weight excluding hydrogens is 374 g/mol. The molecule has 1 heterocycles. The molecule has 4 aliphatic rings. The molecule has 2 fully saturated rings. The maximum absolute atomic E-state index is 12.9. The summed E-state index contributed by atoms with van der Waals surface area (Å²) in [4.78, 5) is 27.1. The highest BCUT2D eigenvalue weighted by Gasteiger charge is 2.54. The smallest absolute Gasteiger partial charge is 0.156 e. The molecule has 3 aliphatic carbocycles. The summed E-state index contributed by atoms with van der Waals surface area (Å²) in [5.41, 5.74) is 5.84. The van der Waals surface area contributed by atoms with Gasteiger partial charge in [0.25, 0.3) is 0 Å². The number of ketones is 2. The molecule has 1 aromatic carbocycles. The third-order valence-electron chi connectivity index (χ3n) is 7.98. The van der Waals surface area contributed by atoms with Crippen LogP contribution in [0.2, 0.25) is 0 Å². The molecule has 0 spiro atoms. The number of carbonyl (C=O) groups is 2. The standard InChI is InChI=1S/C26H31NO3/c1-26-15-30-25(16-4-7-18(8-5-16)27(2)3)24-20-11-9-19(28)14-17(20)6-10-21(24)22(26)12-13-23(26)29/h4-5,7-8,14,21-22,25H,6,9-13,15H2,1-3H3. The molecule has 4 heteroatoms. The zero-order chi connectivity index (χ0) is 21.0. The molecule has 4 nitrogen and oxygen atoms in total. The Morgan fingerprint density at radius 2 is 1.77 bits per heavy atom. The molecule has 1 saturated heterocycles. The lowest BCUT2D eigenvalue weighted by atomic mass is 9.64. The van der Waals surface area contributed by atoms with E-state index in [1.807, 2.05) is 20.2 Å². The molecule has 1 saturated carbocycles. The minimum absolute atomic E-state index is 0.131. The van der Waals surface area contributed by atoms with E-state index in [2.05, 4.69) is 36.1 Å². The second kappa shape index (κ2) is 7.19. The van der Waals surface area contributed by atoms with Gasteiger partial charge in [-0.3, -0.25) is 9.59 Å². The van der Waals surface area contributed by atoms with Gasteiger partial charge >= 0.3 is 0 Å². The average Bonchev–Trinajstić information content (AvgIpc) is 2.95. The summed E-state index contributed by atoms with van der Waals surface area (Å²) in [6.07, 6.45) is 6.73. The van der Waals surface area contributed by atoms with Crippen molar-refractivity contribution in [1.82, 2.24) is 0 Å². The number of benzene rings is 1. The maximum atomic E-state index is 12.9. The molecule has 1 aromatic rings. The largest absolute Gasteiger partial charge is 0.378 e. The second-order valence-electron chi connectivity index (χ2n) is 9.88. The van der Waals surface area contributed by atoms with Crippen molar-refractivity contribution in [1.29, 1.82) is 0 Å². The Balaban J connectivity index is 1.65. The van der Waals surface area contributed by atoms with Crippen LogP contribution < -0.4 is 4.90 Å². The SMILES string of the molecule is CN(C)c1ccc(C2OCC3(C)C(=O)CCC3C3CCC4=CC(=O)CCC4=C23)cc1. The number of carbonyl (C=O) groups excluding carboxylic acids is 2. The van der Waals surface area contributed by atoms with Crippen molar-refractivity contribution < 1.29 is 14.3 Å². The first kappa shape index (κ1) is 19.7. The molecule has 1 aliphatic heterocycles. The van der Waals surface area contributed by atoms with E-state index < -0.39 is 0 Å². The fraction of sp³-hybridized carbons (Fsp3) is 0.538. The van der Waals surface area contributed by atoms with E-state index in [4.69, 9.17) is 4.74 Å². The Bertz CT molecular complexity index is 955. The van der Waals surface area contributed by atoms with Gasteiger partial charge in [-0.2, -0.15) is 0 Å². The number of Topliss-reactive ketones (excluding diaryl/α,β-unsaturated/α-hetero) is 1. The summed E-state index contributed by atoms with van der Waals surface area (Å²) in [7, 11) is 4.09. The number of nitrogens with zero attached hydrogens (tertiary/aromatic N) is 1. The molecule has 0 amide bonds. The molecule has 0 aromatic heterocycles. The van der Waals surface area contributed by atoms with Crippen LogP contribution in [-0.4, -0.2) is 32.3 Å². The van der Waals surface area contributed by atoms with Gasteiger partial charge in [0.1, 0.15) is 11.9 Å². The topological polar surface area (TPSA) is 46.6 Å². The van der Waals surface area contributed by atoms with E-state index in [1.54, 1.807) is 0 Å². The van der Waals surface area contributed by atoms with Crippen molar-refractivity contribution in [3.05, 3.63) is 52.6 Å². The van der Waals surface area contributed by atoms with E-state index >= 15 is 0 Å². The van der Waals surface area contributed by atoms with Crippen LogP contribution in [0.4, 0.5) is 5.69 Å². The van der Waals surface area contributed by atoms with Gasteiger partial charge in [0, 0.05) is 32.6 Å². The molecule has 0 N–H and O–H groups in total. The minimum atomic E-state index is -0.388. The van der Waals surface area contributed by atoms with E-state index in [0.717, 1.165) is 36.9 Å². The van der Waals surface area contributed by atoms with Gasteiger partial charge in [0.2, 0.25) is 0 Å². The molecular formula is C26H31NO3. The molecule has 30 heavy (non-hydrogen) atoms. The quantitative estimate of drug-likeness (QED) is 0.709. The fourth-order valence-corrected chi connectivity index (χ4v) is 6.28. The highest BCUT2D eigenvalue weighted by Crippen LogP contribution is 2.57. The summed E-state index contributed by atoms with van der Waals surface area (Å²) in [5.74, 6) is 1.32. The number of rotatable bonds is 2. The summed E-state index contributed by atoms with van der Waals surface area (Å²) in [6, 6.07) is 8.62. The van der Waals surface area contributed by atoms with Crippen molar-refractivity contribution in [2.75, 3.05) is 25.6 Å². The van der Waals surface area contributed by atoms with Crippen molar-refractivity contribution in [3.8, 4) is 0 Å². The lowest BCUT2D eigenvalue weighted by Gasteiger charge is -2.39. The number of fused-ring (bicyclic) bond motifs is 4. The van der Waals surface area contributed by atoms with Gasteiger partial charge in [-0.1, -0.05) is 19.1 Å². The third kappa shape index (κ3) is 2.99. The summed E-state index contributed by atoms with van der Waals surface area (Å²) >= 11 is 0. The van der Waals surface area contributed by atoms with Crippen LogP contribution in [0.25, 0.3) is 0 Å². The van der Waals surface area contributed by atoms with E-state index in [9.17, 15) is 9.59 Å². The Labute approximate surface area is 179 Å². The number of hydrogen-bond acceptors (Lipinski definition) is 4. The number of allylic oxidation sites excluding steroid dienone is 3. The molecule has 5 rings (SSSR count). The van der Waals surface area contributed by atoms with E-state index in [0.29, 0.717) is 37.1 Å². The van der Waals surface area contributed by atoms with Crippen LogP contribution in [0.15, 0.2) is 47.1 Å². The van der Waals surface area contributed by atoms with Crippen molar-refractivity contribution >= 4 is 17.3 Å². The van der Waals surface area contributed by atoms with Crippen LogP contribution in [0.5, 0.6) is 0 Å². The predicted octanol–water partition coefficient (Wildman–Crippen LogP) is 4.81. The van der Waals surface area contributed by atoms with Gasteiger partial charge in [0.15, 0.2) is 5.78 Å². The van der Waals surface area contributed by atoms with Crippen LogP contribution in [-0.2, 0) is 14.3 Å². The predicted molar refractivity (Wildman–Crippen MR) is 117 cm³/mol. The zero-order valence-corrected chi connectivity index (χ0v) is 18.2. The summed E-state index contributed by atoms with van der Waals surface area (Å²) in [5, 5.41) is 0. The lowest BCUT2D eigenvalue weighted by molar-refractivity contribution is -0.130. The zero-order valence-electron chi connectivity index (χ0n) is 18.2. The third-order valence-corrected chi connectivity index (χ3v) is 7.98. The highest BCUT2D eigenvalue weighted by atomic mass is 16.5. The average molecular weight is 406 g/mol. The van der Waals surface area contributed by atoms with Gasteiger partial charge in [0.05, 0.1) is 12.0 Å². The van der Waals surface area contributed by atoms with Gasteiger partial charge in [-0.25, -0.2) is 0 Å². The minimum Gasteiger partial charge on any atom is -0.378 e. The van der Waals surface area contributed by atoms with Crippen molar-refractivity contribution in [2.24, 2.45) is 17.3 Å². The van der Waals surface area contributed by atoms with Gasteiger partial charge in [-0.15, -0.1) is 0 Å². The Morgan fingerprint density at radius 3 is 2.50 bits per heavy atom. The summed E-state index contributed by atoms with van der Waals surface area (Å²) in [6.45, 7) is 2.62. The summed E-state index contributed by atoms with van der Waals surface area (Å²) < 4.78 is 6.62. The first-order chi connectivity index (χ1) is 14.4. The molecule has 0 bridgehead atoms. The fourth-order valence-electron chi connectivity index (χ4n) is 6.28. The molecule has 4 atom stereocenters. The molecule has 158 valence electrons. The normalized spacial score (nSPS) is 33.4. The number of ether oxygens (including phenoxy) is 1. The van der Waals surface area contributed by atoms with Crippen LogP contribution >= 0.6 is 0 Å². The van der Waals surface area contributed by atoms with Crippen molar-refractivity contribution in [2.45, 2.75) is 51.6 Å². The first-order valence-corrected chi connectivity index (χ1v) is 11.3. The van der Waals surface area contributed by atoms with Crippen LogP contribution in [0.1, 0.15) is 57.1 Å². The Hall–Kier alpha value is -2.20. The number of anilines is 1. The van der Waals surface area contributed by atoms with Gasteiger partial charge < -0.3 is 9.64 Å². The monoisotopic (exact) mass is 405 g/mol. The van der Waals surface area contributed by atoms with Crippen molar-refractivity contribution in [3.63, 3.8) is 0 Å². The van der Waals surface area contributed by atoms with Gasteiger partial charge in [-0.05, 0) is 78.0 Å². The van der Waals surface area contributed by atoms with E-state index in [-0.39, 0.29) is 17.3 Å². The maximum Gasteiger partial charge on any atom is 0.156 e. The Morgan fingerprint density at radius 1 is 1.00 bits per heavy atom. The molecule has 0 radical (unpaired) electrons.